The molecule has 1 aliphatic rings. The van der Waals surface area contributed by atoms with Crippen LogP contribution in [0.2, 0.25) is 0 Å². The molecule has 3 heterocycles. The van der Waals surface area contributed by atoms with Gasteiger partial charge in [-0.1, -0.05) is 0 Å². The number of hydrogen-bond acceptors (Lipinski definition) is 5. The lowest BCUT2D eigenvalue weighted by Gasteiger charge is -2.32. The highest BCUT2D eigenvalue weighted by atomic mass is 16.5. The van der Waals surface area contributed by atoms with E-state index in [4.69, 9.17) is 9.72 Å². The molecule has 0 spiro atoms. The van der Waals surface area contributed by atoms with Crippen LogP contribution in [0.25, 0.3) is 11.2 Å². The Kier molecular flexibility index (Phi) is 6.21. The Balaban J connectivity index is 1.65. The summed E-state index contributed by atoms with van der Waals surface area (Å²) in [5.41, 5.74) is 1.79. The third-order valence-electron chi connectivity index (χ3n) is 5.02. The van der Waals surface area contributed by atoms with Crippen molar-refractivity contribution in [1.82, 2.24) is 24.3 Å². The summed E-state index contributed by atoms with van der Waals surface area (Å²) in [5, 5.41) is 0. The first-order valence-corrected chi connectivity index (χ1v) is 9.37. The highest BCUT2D eigenvalue weighted by Gasteiger charge is 2.20. The molecule has 1 saturated heterocycles. The number of amides is 1. The SMILES string of the molecule is COC[C@@H](C)n1c(CCCC(=O)N2CCN(C)CC2)nc2cccnc21. The molecule has 1 atom stereocenters. The van der Waals surface area contributed by atoms with Crippen LogP contribution in [0.15, 0.2) is 18.3 Å². The molecule has 1 fully saturated rings. The maximum Gasteiger partial charge on any atom is 0.222 e. The van der Waals surface area contributed by atoms with Gasteiger partial charge < -0.3 is 19.1 Å². The molecule has 0 radical (unpaired) electrons. The Morgan fingerprint density at radius 3 is 2.81 bits per heavy atom. The van der Waals surface area contributed by atoms with Crippen LogP contribution >= 0.6 is 0 Å². The fourth-order valence-corrected chi connectivity index (χ4v) is 3.54. The quantitative estimate of drug-likeness (QED) is 0.753. The van der Waals surface area contributed by atoms with Crippen molar-refractivity contribution < 1.29 is 9.53 Å². The van der Waals surface area contributed by atoms with Gasteiger partial charge in [0, 0.05) is 52.3 Å². The molecule has 0 aliphatic carbocycles. The lowest BCUT2D eigenvalue weighted by atomic mass is 10.2. The summed E-state index contributed by atoms with van der Waals surface area (Å²) >= 11 is 0. The second-order valence-electron chi connectivity index (χ2n) is 7.09. The fourth-order valence-electron chi connectivity index (χ4n) is 3.54. The van der Waals surface area contributed by atoms with E-state index in [0.29, 0.717) is 13.0 Å². The van der Waals surface area contributed by atoms with Gasteiger partial charge in [0.05, 0.1) is 12.6 Å². The van der Waals surface area contributed by atoms with E-state index >= 15 is 0 Å². The van der Waals surface area contributed by atoms with Gasteiger partial charge in [0.15, 0.2) is 5.65 Å². The van der Waals surface area contributed by atoms with E-state index in [1.807, 2.05) is 17.0 Å². The van der Waals surface area contributed by atoms with Gasteiger partial charge in [0.25, 0.3) is 0 Å². The van der Waals surface area contributed by atoms with Crippen LogP contribution in [0.4, 0.5) is 0 Å². The van der Waals surface area contributed by atoms with Crippen molar-refractivity contribution in [3.63, 3.8) is 0 Å². The molecule has 0 saturated carbocycles. The van der Waals surface area contributed by atoms with Crippen molar-refractivity contribution in [3.05, 3.63) is 24.2 Å². The Hall–Kier alpha value is -1.99. The topological polar surface area (TPSA) is 63.5 Å². The van der Waals surface area contributed by atoms with Crippen LogP contribution in [0.3, 0.4) is 0 Å². The van der Waals surface area contributed by atoms with Crippen LogP contribution in [-0.4, -0.2) is 77.2 Å². The molecular weight excluding hydrogens is 330 g/mol. The number of aromatic nitrogens is 3. The lowest BCUT2D eigenvalue weighted by molar-refractivity contribution is -0.132. The van der Waals surface area contributed by atoms with Gasteiger partial charge >= 0.3 is 0 Å². The summed E-state index contributed by atoms with van der Waals surface area (Å²) < 4.78 is 7.47. The van der Waals surface area contributed by atoms with Gasteiger partial charge in [0.1, 0.15) is 11.3 Å². The molecule has 2 aromatic heterocycles. The third kappa shape index (κ3) is 4.22. The number of pyridine rings is 1. The number of rotatable bonds is 7. The van der Waals surface area contributed by atoms with Crippen LogP contribution < -0.4 is 0 Å². The maximum atomic E-state index is 12.4. The molecule has 142 valence electrons. The largest absolute Gasteiger partial charge is 0.383 e. The highest BCUT2D eigenvalue weighted by Crippen LogP contribution is 2.21. The second-order valence-corrected chi connectivity index (χ2v) is 7.09. The van der Waals surface area contributed by atoms with Crippen molar-refractivity contribution in [2.24, 2.45) is 0 Å². The number of piperazine rings is 1. The first-order chi connectivity index (χ1) is 12.6. The molecule has 0 unspecified atom stereocenters. The van der Waals surface area contributed by atoms with Gasteiger partial charge in [-0.15, -0.1) is 0 Å². The van der Waals surface area contributed by atoms with Crippen LogP contribution in [0.1, 0.15) is 31.6 Å². The van der Waals surface area contributed by atoms with Gasteiger partial charge in [-0.2, -0.15) is 0 Å². The molecule has 26 heavy (non-hydrogen) atoms. The average molecular weight is 359 g/mol. The number of hydrogen-bond donors (Lipinski definition) is 0. The molecular formula is C19H29N5O2. The van der Waals surface area contributed by atoms with Crippen molar-refractivity contribution >= 4 is 17.1 Å². The van der Waals surface area contributed by atoms with Crippen molar-refractivity contribution in [2.75, 3.05) is 46.9 Å². The number of carbonyl (C=O) groups is 1. The minimum Gasteiger partial charge on any atom is -0.383 e. The minimum atomic E-state index is 0.156. The van der Waals surface area contributed by atoms with Gasteiger partial charge in [-0.25, -0.2) is 9.97 Å². The molecule has 1 aliphatic heterocycles. The summed E-state index contributed by atoms with van der Waals surface area (Å²) in [6, 6.07) is 4.04. The summed E-state index contributed by atoms with van der Waals surface area (Å²) in [6.45, 7) is 6.31. The monoisotopic (exact) mass is 359 g/mol. The number of nitrogens with zero attached hydrogens (tertiary/aromatic N) is 5. The Bertz CT molecular complexity index is 737. The van der Waals surface area contributed by atoms with Crippen LogP contribution in [0, 0.1) is 0 Å². The summed E-state index contributed by atoms with van der Waals surface area (Å²) in [7, 11) is 3.80. The molecule has 2 aromatic rings. The van der Waals surface area contributed by atoms with Crippen molar-refractivity contribution in [2.45, 2.75) is 32.2 Å². The number of carbonyl (C=O) groups excluding carboxylic acids is 1. The summed E-state index contributed by atoms with van der Waals surface area (Å²) in [4.78, 5) is 25.9. The van der Waals surface area contributed by atoms with Gasteiger partial charge in [-0.3, -0.25) is 4.79 Å². The van der Waals surface area contributed by atoms with E-state index in [1.54, 1.807) is 13.3 Å². The predicted molar refractivity (Wildman–Crippen MR) is 101 cm³/mol. The van der Waals surface area contributed by atoms with E-state index in [0.717, 1.165) is 56.0 Å². The molecule has 7 heteroatoms. The normalized spacial score (nSPS) is 17.0. The average Bonchev–Trinajstić information content (AvgIpc) is 3.00. The summed E-state index contributed by atoms with van der Waals surface area (Å²) in [5.74, 6) is 1.23. The van der Waals surface area contributed by atoms with E-state index in [2.05, 4.69) is 28.4 Å². The van der Waals surface area contributed by atoms with Crippen molar-refractivity contribution in [3.8, 4) is 0 Å². The lowest BCUT2D eigenvalue weighted by Crippen LogP contribution is -2.47. The van der Waals surface area contributed by atoms with Crippen molar-refractivity contribution in [1.29, 1.82) is 0 Å². The van der Waals surface area contributed by atoms with E-state index in [1.165, 1.54) is 0 Å². The fraction of sp³-hybridized carbons (Fsp3) is 0.632. The number of fused-ring (bicyclic) bond motifs is 1. The molecule has 3 rings (SSSR count). The smallest absolute Gasteiger partial charge is 0.222 e. The predicted octanol–water partition coefficient (Wildman–Crippen LogP) is 1.74. The highest BCUT2D eigenvalue weighted by molar-refractivity contribution is 5.76. The number of imidazole rings is 1. The third-order valence-corrected chi connectivity index (χ3v) is 5.02. The Morgan fingerprint density at radius 2 is 2.08 bits per heavy atom. The number of methoxy groups -OCH3 is 1. The molecule has 0 N–H and O–H groups in total. The Labute approximate surface area is 155 Å². The molecule has 7 nitrogen and oxygen atoms in total. The maximum absolute atomic E-state index is 12.4. The molecule has 1 amide bonds. The Morgan fingerprint density at radius 1 is 1.31 bits per heavy atom. The number of aryl methyl sites for hydroxylation is 1. The van der Waals surface area contributed by atoms with Crippen LogP contribution in [-0.2, 0) is 16.0 Å². The zero-order valence-electron chi connectivity index (χ0n) is 16.0. The summed E-state index contributed by atoms with van der Waals surface area (Å²) in [6.07, 6.45) is 3.93. The first kappa shape index (κ1) is 18.8. The van der Waals surface area contributed by atoms with Gasteiger partial charge in [0.2, 0.25) is 5.91 Å². The second kappa shape index (κ2) is 8.60. The number of likely N-dealkylation sites (N-methyl/N-ethyl adjacent to an activating group) is 1. The zero-order chi connectivity index (χ0) is 18.5. The molecule has 0 bridgehead atoms. The zero-order valence-corrected chi connectivity index (χ0v) is 16.0. The molecule has 0 aromatic carbocycles. The first-order valence-electron chi connectivity index (χ1n) is 9.37. The van der Waals surface area contributed by atoms with E-state index in [9.17, 15) is 4.79 Å². The van der Waals surface area contributed by atoms with E-state index < -0.39 is 0 Å². The minimum absolute atomic E-state index is 0.156. The van der Waals surface area contributed by atoms with E-state index in [-0.39, 0.29) is 11.9 Å². The number of ether oxygens (including phenoxy) is 1. The standard InChI is InChI=1S/C19H29N5O2/c1-15(14-26-3)24-17(21-16-6-5-9-20-19(16)24)7-4-8-18(25)23-12-10-22(2)11-13-23/h5-6,9,15H,4,7-8,10-14H2,1-3H3/t15-/m1/s1. The van der Waals surface area contributed by atoms with Crippen LogP contribution in [0.5, 0.6) is 0 Å². The van der Waals surface area contributed by atoms with Gasteiger partial charge in [-0.05, 0) is 32.5 Å².